The van der Waals surface area contributed by atoms with Gasteiger partial charge in [-0.2, -0.15) is 0 Å². The molecule has 2 aromatic rings. The van der Waals surface area contributed by atoms with Crippen molar-refractivity contribution in [2.45, 2.75) is 19.4 Å². The van der Waals surface area contributed by atoms with E-state index in [1.54, 1.807) is 11.3 Å². The van der Waals surface area contributed by atoms with Crippen LogP contribution in [0.25, 0.3) is 10.6 Å². The number of hydrogen-bond acceptors (Lipinski definition) is 3. The van der Waals surface area contributed by atoms with Crippen LogP contribution in [0.4, 0.5) is 4.79 Å². The van der Waals surface area contributed by atoms with E-state index in [9.17, 15) is 4.79 Å². The van der Waals surface area contributed by atoms with Gasteiger partial charge in [-0.15, -0.1) is 11.3 Å². The molecule has 3 rings (SSSR count). The van der Waals surface area contributed by atoms with Gasteiger partial charge in [0.25, 0.3) is 0 Å². The third-order valence-corrected chi connectivity index (χ3v) is 4.19. The van der Waals surface area contributed by atoms with Crippen molar-refractivity contribution in [3.8, 4) is 10.6 Å². The first-order chi connectivity index (χ1) is 9.81. The van der Waals surface area contributed by atoms with Crippen LogP contribution >= 0.6 is 11.3 Å². The maximum absolute atomic E-state index is 11.6. The van der Waals surface area contributed by atoms with Crippen molar-refractivity contribution in [1.82, 2.24) is 15.6 Å². The highest BCUT2D eigenvalue weighted by atomic mass is 32.1. The molecule has 0 bridgehead atoms. The molecule has 1 fully saturated rings. The topological polar surface area (TPSA) is 54.0 Å². The number of aromatic nitrogens is 1. The van der Waals surface area contributed by atoms with E-state index in [2.05, 4.69) is 15.6 Å². The Morgan fingerprint density at radius 3 is 2.80 bits per heavy atom. The molecule has 4 nitrogen and oxygen atoms in total. The Morgan fingerprint density at radius 2 is 2.05 bits per heavy atom. The molecule has 5 heteroatoms. The SMILES string of the molecule is O=C(NCc1csc(-c2ccccc2)n1)NCC1CC1. The molecule has 0 spiro atoms. The summed E-state index contributed by atoms with van der Waals surface area (Å²) in [5.41, 5.74) is 2.01. The molecule has 0 radical (unpaired) electrons. The number of urea groups is 1. The lowest BCUT2D eigenvalue weighted by Crippen LogP contribution is -2.36. The molecule has 1 aromatic carbocycles. The lowest BCUT2D eigenvalue weighted by Gasteiger charge is -2.05. The van der Waals surface area contributed by atoms with E-state index in [1.165, 1.54) is 12.8 Å². The summed E-state index contributed by atoms with van der Waals surface area (Å²) in [7, 11) is 0. The first-order valence-electron chi connectivity index (χ1n) is 6.83. The number of rotatable bonds is 5. The van der Waals surface area contributed by atoms with Crippen LogP contribution in [0.15, 0.2) is 35.7 Å². The van der Waals surface area contributed by atoms with E-state index in [4.69, 9.17) is 0 Å². The zero-order chi connectivity index (χ0) is 13.8. The molecule has 1 saturated carbocycles. The maximum atomic E-state index is 11.6. The number of carbonyl (C=O) groups excluding carboxylic acids is 1. The summed E-state index contributed by atoms with van der Waals surface area (Å²) >= 11 is 1.60. The lowest BCUT2D eigenvalue weighted by molar-refractivity contribution is 0.240. The summed E-state index contributed by atoms with van der Waals surface area (Å²) in [5.74, 6) is 0.699. The molecule has 0 atom stereocenters. The molecule has 1 aromatic heterocycles. The van der Waals surface area contributed by atoms with Gasteiger partial charge in [0.2, 0.25) is 0 Å². The average Bonchev–Trinajstić information content (AvgIpc) is 3.20. The van der Waals surface area contributed by atoms with Crippen LogP contribution in [-0.4, -0.2) is 17.6 Å². The zero-order valence-electron chi connectivity index (χ0n) is 11.1. The molecule has 0 unspecified atom stereocenters. The summed E-state index contributed by atoms with van der Waals surface area (Å²) < 4.78 is 0. The number of amides is 2. The molecule has 104 valence electrons. The Bertz CT molecular complexity index is 578. The van der Waals surface area contributed by atoms with Gasteiger partial charge in [-0.1, -0.05) is 30.3 Å². The third kappa shape index (κ3) is 3.57. The van der Waals surface area contributed by atoms with E-state index in [1.807, 2.05) is 35.7 Å². The number of benzene rings is 1. The van der Waals surface area contributed by atoms with Crippen LogP contribution in [0.3, 0.4) is 0 Å². The largest absolute Gasteiger partial charge is 0.338 e. The fourth-order valence-corrected chi connectivity index (χ4v) is 2.72. The fourth-order valence-electron chi connectivity index (χ4n) is 1.89. The van der Waals surface area contributed by atoms with Crippen LogP contribution in [0.2, 0.25) is 0 Å². The number of hydrogen-bond donors (Lipinski definition) is 2. The standard InChI is InChI=1S/C15H17N3OS/c19-15(16-8-11-6-7-11)17-9-13-10-20-14(18-13)12-4-2-1-3-5-12/h1-5,10-11H,6-9H2,(H2,16,17,19). The molecular formula is C15H17N3OS. The summed E-state index contributed by atoms with van der Waals surface area (Å²) in [6.07, 6.45) is 2.49. The third-order valence-electron chi connectivity index (χ3n) is 3.25. The maximum Gasteiger partial charge on any atom is 0.315 e. The van der Waals surface area contributed by atoms with Crippen LogP contribution in [0.5, 0.6) is 0 Å². The van der Waals surface area contributed by atoms with Crippen LogP contribution < -0.4 is 10.6 Å². The van der Waals surface area contributed by atoms with Gasteiger partial charge in [-0.25, -0.2) is 9.78 Å². The predicted octanol–water partition coefficient (Wildman–Crippen LogP) is 3.02. The van der Waals surface area contributed by atoms with Gasteiger partial charge in [0.05, 0.1) is 12.2 Å². The van der Waals surface area contributed by atoms with Gasteiger partial charge in [-0.3, -0.25) is 0 Å². The molecular weight excluding hydrogens is 270 g/mol. The highest BCUT2D eigenvalue weighted by molar-refractivity contribution is 7.13. The Morgan fingerprint density at radius 1 is 1.25 bits per heavy atom. The minimum absolute atomic E-state index is 0.105. The van der Waals surface area contributed by atoms with E-state index in [0.717, 1.165) is 22.8 Å². The Hall–Kier alpha value is -1.88. The minimum Gasteiger partial charge on any atom is -0.338 e. The van der Waals surface area contributed by atoms with Crippen molar-refractivity contribution in [3.05, 3.63) is 41.4 Å². The van der Waals surface area contributed by atoms with Gasteiger partial charge >= 0.3 is 6.03 Å². The van der Waals surface area contributed by atoms with Gasteiger partial charge in [0, 0.05) is 17.5 Å². The number of nitrogens with zero attached hydrogens (tertiary/aromatic N) is 1. The number of nitrogens with one attached hydrogen (secondary N) is 2. The van der Waals surface area contributed by atoms with Gasteiger partial charge in [-0.05, 0) is 18.8 Å². The van der Waals surface area contributed by atoms with Crippen molar-refractivity contribution in [3.63, 3.8) is 0 Å². The second-order valence-electron chi connectivity index (χ2n) is 5.02. The minimum atomic E-state index is -0.105. The van der Waals surface area contributed by atoms with Crippen LogP contribution in [0.1, 0.15) is 18.5 Å². The predicted molar refractivity (Wildman–Crippen MR) is 80.5 cm³/mol. The average molecular weight is 287 g/mol. The highest BCUT2D eigenvalue weighted by Gasteiger charge is 2.21. The van der Waals surface area contributed by atoms with Crippen molar-refractivity contribution >= 4 is 17.4 Å². The van der Waals surface area contributed by atoms with Crippen molar-refractivity contribution < 1.29 is 4.79 Å². The smallest absolute Gasteiger partial charge is 0.315 e. The number of thiazole rings is 1. The van der Waals surface area contributed by atoms with Crippen LogP contribution in [-0.2, 0) is 6.54 Å². The van der Waals surface area contributed by atoms with Crippen LogP contribution in [0, 0.1) is 5.92 Å². The molecule has 1 aliphatic carbocycles. The molecule has 20 heavy (non-hydrogen) atoms. The summed E-state index contributed by atoms with van der Waals surface area (Å²) in [6.45, 7) is 1.26. The molecule has 2 N–H and O–H groups in total. The molecule has 0 saturated heterocycles. The fraction of sp³-hybridized carbons (Fsp3) is 0.333. The van der Waals surface area contributed by atoms with E-state index in [0.29, 0.717) is 12.5 Å². The Labute approximate surface area is 122 Å². The first-order valence-corrected chi connectivity index (χ1v) is 7.71. The Kier molecular flexibility index (Phi) is 3.97. The Balaban J connectivity index is 1.50. The van der Waals surface area contributed by atoms with E-state index in [-0.39, 0.29) is 6.03 Å². The second-order valence-corrected chi connectivity index (χ2v) is 5.88. The van der Waals surface area contributed by atoms with Gasteiger partial charge in [0.1, 0.15) is 5.01 Å². The van der Waals surface area contributed by atoms with Gasteiger partial charge < -0.3 is 10.6 Å². The quantitative estimate of drug-likeness (QED) is 0.888. The van der Waals surface area contributed by atoms with Crippen molar-refractivity contribution in [1.29, 1.82) is 0 Å². The molecule has 1 heterocycles. The summed E-state index contributed by atoms with van der Waals surface area (Å²) in [5, 5.41) is 8.70. The van der Waals surface area contributed by atoms with Crippen molar-refractivity contribution in [2.24, 2.45) is 5.92 Å². The molecule has 2 amide bonds. The first kappa shape index (κ1) is 13.1. The van der Waals surface area contributed by atoms with E-state index >= 15 is 0 Å². The monoisotopic (exact) mass is 287 g/mol. The second kappa shape index (κ2) is 6.05. The lowest BCUT2D eigenvalue weighted by atomic mass is 10.2. The zero-order valence-corrected chi connectivity index (χ0v) is 12.0. The molecule has 1 aliphatic rings. The summed E-state index contributed by atoms with van der Waals surface area (Å²) in [6, 6.07) is 9.96. The summed E-state index contributed by atoms with van der Waals surface area (Å²) in [4.78, 5) is 16.1. The van der Waals surface area contributed by atoms with Crippen molar-refractivity contribution in [2.75, 3.05) is 6.54 Å². The van der Waals surface area contributed by atoms with Gasteiger partial charge in [0.15, 0.2) is 0 Å². The van der Waals surface area contributed by atoms with E-state index < -0.39 is 0 Å². The molecule has 0 aliphatic heterocycles. The normalized spacial score (nSPS) is 14.0. The highest BCUT2D eigenvalue weighted by Crippen LogP contribution is 2.27. The number of carbonyl (C=O) groups is 1.